The van der Waals surface area contributed by atoms with Crippen LogP contribution in [0.4, 0.5) is 0 Å². The second kappa shape index (κ2) is 54.5. The summed E-state index contributed by atoms with van der Waals surface area (Å²) in [6.45, 7) is 3.90. The minimum atomic E-state index is -1.55. The molecule has 0 saturated carbocycles. The Labute approximate surface area is 453 Å². The fourth-order valence-corrected chi connectivity index (χ4v) is 11.0. The molecule has 1 rings (SSSR count). The van der Waals surface area contributed by atoms with Gasteiger partial charge in [0.2, 0.25) is 5.91 Å². The molecule has 436 valence electrons. The fourth-order valence-electron chi connectivity index (χ4n) is 11.0. The molecule has 1 amide bonds. The third-order valence-corrected chi connectivity index (χ3v) is 16.2. The number of hydrogen-bond donors (Lipinski definition) is 6. The number of hydrogen-bond acceptors (Lipinski definition) is 8. The van der Waals surface area contributed by atoms with Crippen LogP contribution in [0.1, 0.15) is 348 Å². The van der Waals surface area contributed by atoms with Crippen LogP contribution in [0.2, 0.25) is 0 Å². The number of aliphatic hydroxyl groups is 5. The van der Waals surface area contributed by atoms with Gasteiger partial charge in [-0.3, -0.25) is 4.79 Å². The monoisotopic (exact) mass is 1040 g/mol. The largest absolute Gasteiger partial charge is 0.394 e. The van der Waals surface area contributed by atoms with E-state index in [1.807, 2.05) is 0 Å². The van der Waals surface area contributed by atoms with Gasteiger partial charge in [-0.05, 0) is 12.8 Å². The Kier molecular flexibility index (Phi) is 52.5. The summed E-state index contributed by atoms with van der Waals surface area (Å²) < 4.78 is 11.4. The molecule has 0 aromatic rings. The van der Waals surface area contributed by atoms with Crippen LogP contribution in [0.15, 0.2) is 0 Å². The first kappa shape index (κ1) is 70.2. The van der Waals surface area contributed by atoms with E-state index in [-0.39, 0.29) is 12.5 Å². The summed E-state index contributed by atoms with van der Waals surface area (Å²) in [5.74, 6) is -0.135. The Balaban J connectivity index is 2.11. The lowest BCUT2D eigenvalue weighted by Gasteiger charge is -2.40. The van der Waals surface area contributed by atoms with Crippen LogP contribution in [-0.2, 0) is 14.3 Å². The summed E-state index contributed by atoms with van der Waals surface area (Å²) in [4.78, 5) is 13.1. The molecule has 0 aromatic carbocycles. The lowest BCUT2D eigenvalue weighted by Crippen LogP contribution is -2.60. The van der Waals surface area contributed by atoms with Crippen LogP contribution in [0.25, 0.3) is 0 Å². The first-order valence-corrected chi connectivity index (χ1v) is 32.7. The minimum absolute atomic E-state index is 0.131. The number of carbonyl (C=O) groups excluding carboxylic acids is 1. The fraction of sp³-hybridized carbons (Fsp3) is 0.984. The van der Waals surface area contributed by atoms with E-state index < -0.39 is 49.5 Å². The summed E-state index contributed by atoms with van der Waals surface area (Å²) >= 11 is 0. The highest BCUT2D eigenvalue weighted by Gasteiger charge is 2.44. The zero-order chi connectivity index (χ0) is 52.9. The molecule has 0 radical (unpaired) electrons. The van der Waals surface area contributed by atoms with Crippen LogP contribution in [-0.4, -0.2) is 87.5 Å². The van der Waals surface area contributed by atoms with E-state index >= 15 is 0 Å². The Bertz CT molecular complexity index is 1110. The van der Waals surface area contributed by atoms with Crippen LogP contribution in [0.3, 0.4) is 0 Å². The summed E-state index contributed by atoms with van der Waals surface area (Å²) in [6.07, 6.45) is 60.2. The van der Waals surface area contributed by atoms with Crippen molar-refractivity contribution in [1.29, 1.82) is 0 Å². The molecule has 1 aliphatic heterocycles. The van der Waals surface area contributed by atoms with Crippen molar-refractivity contribution in [3.63, 3.8) is 0 Å². The van der Waals surface area contributed by atoms with Gasteiger partial charge >= 0.3 is 0 Å². The Morgan fingerprint density at radius 2 is 0.685 bits per heavy atom. The van der Waals surface area contributed by atoms with Crippen molar-refractivity contribution in [3.05, 3.63) is 0 Å². The quantitative estimate of drug-likeness (QED) is 0.0330. The van der Waals surface area contributed by atoms with Crippen molar-refractivity contribution in [2.45, 2.75) is 391 Å². The molecule has 0 aliphatic carbocycles. The molecular formula is C64H127NO8. The summed E-state index contributed by atoms with van der Waals surface area (Å²) in [6, 6.07) is -0.714. The Morgan fingerprint density at radius 1 is 0.411 bits per heavy atom. The standard InChI is InChI=1S/C64H127NO8/c1-3-5-7-9-11-13-15-17-19-21-23-25-26-27-28-29-30-31-32-33-34-35-37-39-41-43-45-47-49-51-53-58(67)57(56-72-64-63(71)62(70)61(69)59(55-66)73-64)65-60(68)54-52-50-48-46-44-42-40-38-36-24-22-20-18-16-14-12-10-8-6-4-2/h57-59,61-64,66-67,69-71H,3-56H2,1-2H3,(H,65,68). The van der Waals surface area contributed by atoms with E-state index in [1.54, 1.807) is 0 Å². The van der Waals surface area contributed by atoms with Gasteiger partial charge < -0.3 is 40.3 Å². The highest BCUT2D eigenvalue weighted by Crippen LogP contribution is 2.24. The maximum Gasteiger partial charge on any atom is 0.220 e. The smallest absolute Gasteiger partial charge is 0.220 e. The second-order valence-corrected chi connectivity index (χ2v) is 23.3. The van der Waals surface area contributed by atoms with Crippen molar-refractivity contribution in [3.8, 4) is 0 Å². The van der Waals surface area contributed by atoms with E-state index in [0.29, 0.717) is 12.8 Å². The van der Waals surface area contributed by atoms with Crippen LogP contribution in [0.5, 0.6) is 0 Å². The van der Waals surface area contributed by atoms with Crippen molar-refractivity contribution in [2.24, 2.45) is 0 Å². The second-order valence-electron chi connectivity index (χ2n) is 23.3. The third-order valence-electron chi connectivity index (χ3n) is 16.2. The molecule has 0 aromatic heterocycles. The number of carbonyl (C=O) groups is 1. The zero-order valence-electron chi connectivity index (χ0n) is 48.7. The highest BCUT2D eigenvalue weighted by atomic mass is 16.7. The third kappa shape index (κ3) is 43.8. The van der Waals surface area contributed by atoms with E-state index in [2.05, 4.69) is 19.2 Å². The molecule has 7 unspecified atom stereocenters. The van der Waals surface area contributed by atoms with Crippen molar-refractivity contribution >= 4 is 5.91 Å². The lowest BCUT2D eigenvalue weighted by molar-refractivity contribution is -0.302. The SMILES string of the molecule is CCCCCCCCCCCCCCCCCCCCCCCCCCCCCCCCC(O)C(COC1OC(CO)C(O)C(O)C1O)NC(=O)CCCCCCCCCCCCCCCCCCCCCC. The van der Waals surface area contributed by atoms with Crippen molar-refractivity contribution in [1.82, 2.24) is 5.32 Å². The molecule has 1 heterocycles. The number of amides is 1. The minimum Gasteiger partial charge on any atom is -0.394 e. The van der Waals surface area contributed by atoms with Gasteiger partial charge in [-0.1, -0.05) is 328 Å². The predicted octanol–water partition coefficient (Wildman–Crippen LogP) is 17.0. The van der Waals surface area contributed by atoms with Gasteiger partial charge in [-0.25, -0.2) is 0 Å². The maximum absolute atomic E-state index is 13.1. The van der Waals surface area contributed by atoms with Gasteiger partial charge in [0.1, 0.15) is 24.4 Å². The molecule has 0 bridgehead atoms. The van der Waals surface area contributed by atoms with Crippen molar-refractivity contribution < 1.29 is 39.8 Å². The van der Waals surface area contributed by atoms with E-state index in [0.717, 1.165) is 38.5 Å². The molecule has 9 nitrogen and oxygen atoms in total. The number of rotatable bonds is 58. The van der Waals surface area contributed by atoms with Crippen LogP contribution >= 0.6 is 0 Å². The van der Waals surface area contributed by atoms with Gasteiger partial charge in [0, 0.05) is 6.42 Å². The molecule has 7 atom stereocenters. The van der Waals surface area contributed by atoms with Gasteiger partial charge in [0.15, 0.2) is 6.29 Å². The summed E-state index contributed by atoms with van der Waals surface area (Å²) in [5, 5.41) is 54.8. The first-order valence-electron chi connectivity index (χ1n) is 32.7. The van der Waals surface area contributed by atoms with Gasteiger partial charge in [0.05, 0.1) is 25.4 Å². The average molecular weight is 1040 g/mol. The summed E-state index contributed by atoms with van der Waals surface area (Å²) in [5.41, 5.74) is 0. The molecule has 73 heavy (non-hydrogen) atoms. The number of aliphatic hydroxyl groups excluding tert-OH is 5. The molecule has 1 saturated heterocycles. The average Bonchev–Trinajstić information content (AvgIpc) is 3.39. The van der Waals surface area contributed by atoms with Crippen LogP contribution < -0.4 is 5.32 Å². The molecule has 0 spiro atoms. The van der Waals surface area contributed by atoms with Gasteiger partial charge in [-0.2, -0.15) is 0 Å². The number of nitrogens with one attached hydrogen (secondary N) is 1. The molecule has 9 heteroatoms. The normalized spacial score (nSPS) is 18.9. The first-order chi connectivity index (χ1) is 35.8. The summed E-state index contributed by atoms with van der Waals surface area (Å²) in [7, 11) is 0. The lowest BCUT2D eigenvalue weighted by atomic mass is 9.99. The van der Waals surface area contributed by atoms with Gasteiger partial charge in [0.25, 0.3) is 0 Å². The maximum atomic E-state index is 13.1. The van der Waals surface area contributed by atoms with Crippen LogP contribution in [0, 0.1) is 0 Å². The molecular weight excluding hydrogens is 911 g/mol. The Hall–Kier alpha value is -0.810. The predicted molar refractivity (Wildman–Crippen MR) is 309 cm³/mol. The van der Waals surface area contributed by atoms with Crippen molar-refractivity contribution in [2.75, 3.05) is 13.2 Å². The molecule has 1 aliphatic rings. The molecule has 1 fully saturated rings. The zero-order valence-corrected chi connectivity index (χ0v) is 48.7. The van der Waals surface area contributed by atoms with Gasteiger partial charge in [-0.15, -0.1) is 0 Å². The molecule has 6 N–H and O–H groups in total. The highest BCUT2D eigenvalue weighted by molar-refractivity contribution is 5.76. The number of unbranched alkanes of at least 4 members (excludes halogenated alkanes) is 48. The van der Waals surface area contributed by atoms with E-state index in [9.17, 15) is 30.3 Å². The Morgan fingerprint density at radius 3 is 0.973 bits per heavy atom. The van der Waals surface area contributed by atoms with E-state index in [4.69, 9.17) is 9.47 Å². The number of ether oxygens (including phenoxy) is 2. The topological polar surface area (TPSA) is 149 Å². The van der Waals surface area contributed by atoms with E-state index in [1.165, 1.54) is 283 Å².